The summed E-state index contributed by atoms with van der Waals surface area (Å²) in [6.45, 7) is 0.437. The number of carbonyl (C=O) groups is 3. The normalized spacial score (nSPS) is 11.8. The number of carboxylic acid groups (broad SMARTS) is 1. The highest BCUT2D eigenvalue weighted by Gasteiger charge is 2.19. The van der Waals surface area contributed by atoms with Crippen LogP contribution in [-0.4, -0.2) is 42.6 Å². The van der Waals surface area contributed by atoms with Crippen LogP contribution in [0.2, 0.25) is 0 Å². The van der Waals surface area contributed by atoms with Gasteiger partial charge in [-0.3, -0.25) is 9.59 Å². The number of hydrogen-bond acceptors (Lipinski definition) is 4. The van der Waals surface area contributed by atoms with Gasteiger partial charge in [-0.05, 0) is 12.8 Å². The number of hydrogen-bond donors (Lipinski definition) is 3. The molecule has 7 heteroatoms. The van der Waals surface area contributed by atoms with Gasteiger partial charge in [0.15, 0.2) is 0 Å². The minimum Gasteiger partial charge on any atom is -0.480 e. The molecule has 0 spiro atoms. The molecule has 0 aliphatic heterocycles. The monoisotopic (exact) mass is 246 g/mol. The van der Waals surface area contributed by atoms with Crippen LogP contribution < -0.4 is 11.1 Å². The first-order valence-electron chi connectivity index (χ1n) is 5.26. The van der Waals surface area contributed by atoms with E-state index in [0.717, 1.165) is 0 Å². The van der Waals surface area contributed by atoms with Crippen molar-refractivity contribution < 1.29 is 24.2 Å². The Morgan fingerprint density at radius 1 is 1.35 bits per heavy atom. The molecule has 7 nitrogen and oxygen atoms in total. The summed E-state index contributed by atoms with van der Waals surface area (Å²) in [6.07, 6.45) is 0.634. The highest BCUT2D eigenvalue weighted by Crippen LogP contribution is 1.99. The summed E-state index contributed by atoms with van der Waals surface area (Å²) in [5.74, 6) is -2.14. The number of carbonyl (C=O) groups excluding carboxylic acids is 2. The molecule has 0 aromatic heterocycles. The lowest BCUT2D eigenvalue weighted by Crippen LogP contribution is -2.41. The van der Waals surface area contributed by atoms with Gasteiger partial charge in [0.05, 0.1) is 0 Å². The molecule has 0 heterocycles. The molecular formula is C10H18N2O5. The van der Waals surface area contributed by atoms with Crippen molar-refractivity contribution in [1.29, 1.82) is 0 Å². The van der Waals surface area contributed by atoms with Crippen LogP contribution in [0.15, 0.2) is 0 Å². The smallest absolute Gasteiger partial charge is 0.326 e. The minimum atomic E-state index is -1.17. The van der Waals surface area contributed by atoms with E-state index in [0.29, 0.717) is 13.0 Å². The Hall–Kier alpha value is -1.63. The molecule has 0 radical (unpaired) electrons. The number of methoxy groups -OCH3 is 1. The third kappa shape index (κ3) is 8.21. The SMILES string of the molecule is COCCCC(=O)N[C@@H](CCC(N)=O)C(=O)O. The van der Waals surface area contributed by atoms with Crippen LogP contribution in [0, 0.1) is 0 Å². The predicted molar refractivity (Wildman–Crippen MR) is 59.1 cm³/mol. The van der Waals surface area contributed by atoms with E-state index in [1.54, 1.807) is 0 Å². The fourth-order valence-corrected chi connectivity index (χ4v) is 1.19. The minimum absolute atomic E-state index is 0.000679. The number of rotatable bonds is 9. The number of aliphatic carboxylic acids is 1. The summed E-state index contributed by atoms with van der Waals surface area (Å²) in [5.41, 5.74) is 4.91. The Morgan fingerprint density at radius 2 is 2.00 bits per heavy atom. The molecule has 0 unspecified atom stereocenters. The van der Waals surface area contributed by atoms with E-state index >= 15 is 0 Å². The molecule has 0 aromatic rings. The fourth-order valence-electron chi connectivity index (χ4n) is 1.19. The summed E-state index contributed by atoms with van der Waals surface area (Å²) < 4.78 is 4.77. The van der Waals surface area contributed by atoms with Crippen LogP contribution >= 0.6 is 0 Å². The van der Waals surface area contributed by atoms with Crippen molar-refractivity contribution in [1.82, 2.24) is 5.32 Å². The van der Waals surface area contributed by atoms with Crippen molar-refractivity contribution >= 4 is 17.8 Å². The molecule has 0 rings (SSSR count). The first-order valence-corrected chi connectivity index (χ1v) is 5.26. The molecular weight excluding hydrogens is 228 g/mol. The maximum atomic E-state index is 11.3. The summed E-state index contributed by atoms with van der Waals surface area (Å²) >= 11 is 0. The van der Waals surface area contributed by atoms with Gasteiger partial charge in [-0.25, -0.2) is 4.79 Å². The van der Waals surface area contributed by atoms with Gasteiger partial charge in [-0.1, -0.05) is 0 Å². The van der Waals surface area contributed by atoms with Crippen LogP contribution in [0.1, 0.15) is 25.7 Å². The third-order valence-corrected chi connectivity index (χ3v) is 2.07. The van der Waals surface area contributed by atoms with E-state index in [1.165, 1.54) is 7.11 Å². The average Bonchev–Trinajstić information content (AvgIpc) is 2.23. The molecule has 0 aromatic carbocycles. The standard InChI is InChI=1S/C10H18N2O5/c1-17-6-2-3-9(14)12-7(10(15)16)4-5-8(11)13/h7H,2-6H2,1H3,(H2,11,13)(H,12,14)(H,15,16)/t7-/m0/s1. The van der Waals surface area contributed by atoms with E-state index in [2.05, 4.69) is 5.32 Å². The van der Waals surface area contributed by atoms with Crippen molar-refractivity contribution in [2.75, 3.05) is 13.7 Å². The lowest BCUT2D eigenvalue weighted by atomic mass is 10.1. The quantitative estimate of drug-likeness (QED) is 0.462. The van der Waals surface area contributed by atoms with Gasteiger partial charge in [0, 0.05) is 26.6 Å². The molecule has 1 atom stereocenters. The first-order chi connectivity index (χ1) is 7.97. The van der Waals surface area contributed by atoms with Gasteiger partial charge >= 0.3 is 5.97 Å². The maximum absolute atomic E-state index is 11.3. The second-order valence-corrected chi connectivity index (χ2v) is 3.56. The molecule has 17 heavy (non-hydrogen) atoms. The van der Waals surface area contributed by atoms with Gasteiger partial charge in [0.1, 0.15) is 6.04 Å². The highest BCUT2D eigenvalue weighted by atomic mass is 16.5. The Kier molecular flexibility index (Phi) is 7.70. The first kappa shape index (κ1) is 15.4. The molecule has 2 amide bonds. The molecule has 0 aliphatic rings. The predicted octanol–water partition coefficient (Wildman–Crippen LogP) is -0.752. The molecule has 4 N–H and O–H groups in total. The van der Waals surface area contributed by atoms with Gasteiger partial charge < -0.3 is 20.9 Å². The number of nitrogens with two attached hydrogens (primary N) is 1. The largest absolute Gasteiger partial charge is 0.480 e. The summed E-state index contributed by atoms with van der Waals surface area (Å²) in [7, 11) is 1.52. The highest BCUT2D eigenvalue weighted by molar-refractivity contribution is 5.84. The van der Waals surface area contributed by atoms with Crippen LogP contribution in [0.4, 0.5) is 0 Å². The number of nitrogens with one attached hydrogen (secondary N) is 1. The second kappa shape index (κ2) is 8.51. The lowest BCUT2D eigenvalue weighted by molar-refractivity contribution is -0.142. The molecule has 0 saturated carbocycles. The zero-order chi connectivity index (χ0) is 13.3. The fraction of sp³-hybridized carbons (Fsp3) is 0.700. The van der Waals surface area contributed by atoms with Crippen LogP contribution in [0.25, 0.3) is 0 Å². The van der Waals surface area contributed by atoms with E-state index < -0.39 is 17.9 Å². The second-order valence-electron chi connectivity index (χ2n) is 3.56. The number of amides is 2. The van der Waals surface area contributed by atoms with Crippen molar-refractivity contribution in [2.45, 2.75) is 31.7 Å². The Bertz CT molecular complexity index is 280. The number of primary amides is 1. The summed E-state index contributed by atoms with van der Waals surface area (Å²) in [6, 6.07) is -1.07. The van der Waals surface area contributed by atoms with Crippen LogP contribution in [0.5, 0.6) is 0 Å². The Morgan fingerprint density at radius 3 is 2.47 bits per heavy atom. The number of ether oxygens (including phenoxy) is 1. The van der Waals surface area contributed by atoms with Crippen molar-refractivity contribution in [3.63, 3.8) is 0 Å². The lowest BCUT2D eigenvalue weighted by Gasteiger charge is -2.13. The van der Waals surface area contributed by atoms with Gasteiger partial charge in [-0.15, -0.1) is 0 Å². The summed E-state index contributed by atoms with van der Waals surface area (Å²) in [5, 5.41) is 11.1. The topological polar surface area (TPSA) is 119 Å². The zero-order valence-corrected chi connectivity index (χ0v) is 9.77. The summed E-state index contributed by atoms with van der Waals surface area (Å²) in [4.78, 5) is 32.6. The molecule has 0 bridgehead atoms. The van der Waals surface area contributed by atoms with Gasteiger partial charge in [0.25, 0.3) is 0 Å². The molecule has 0 aliphatic carbocycles. The molecule has 0 saturated heterocycles. The van der Waals surface area contributed by atoms with Crippen molar-refractivity contribution in [2.24, 2.45) is 5.73 Å². The maximum Gasteiger partial charge on any atom is 0.326 e. The number of carboxylic acids is 1. The van der Waals surface area contributed by atoms with Crippen molar-refractivity contribution in [3.8, 4) is 0 Å². The van der Waals surface area contributed by atoms with E-state index in [4.69, 9.17) is 15.6 Å². The van der Waals surface area contributed by atoms with Gasteiger partial charge in [-0.2, -0.15) is 0 Å². The van der Waals surface area contributed by atoms with Crippen LogP contribution in [0.3, 0.4) is 0 Å². The average molecular weight is 246 g/mol. The van der Waals surface area contributed by atoms with Gasteiger partial charge in [0.2, 0.25) is 11.8 Å². The van der Waals surface area contributed by atoms with Crippen molar-refractivity contribution in [3.05, 3.63) is 0 Å². The van der Waals surface area contributed by atoms with E-state index in [1.807, 2.05) is 0 Å². The van der Waals surface area contributed by atoms with Crippen LogP contribution in [-0.2, 0) is 19.1 Å². The van der Waals surface area contributed by atoms with E-state index in [-0.39, 0.29) is 25.2 Å². The van der Waals surface area contributed by atoms with E-state index in [9.17, 15) is 14.4 Å². The molecule has 98 valence electrons. The Labute approximate surface area is 99.3 Å². The third-order valence-electron chi connectivity index (χ3n) is 2.07. The molecule has 0 fully saturated rings. The zero-order valence-electron chi connectivity index (χ0n) is 9.77. The Balaban J connectivity index is 4.02.